The van der Waals surface area contributed by atoms with Crippen molar-refractivity contribution >= 4 is 23.5 Å². The molecule has 1 heterocycles. The number of aromatic nitrogens is 2. The average Bonchev–Trinajstić information content (AvgIpc) is 2.85. The number of aliphatic carboxylic acids is 1. The lowest BCUT2D eigenvalue weighted by molar-refractivity contribution is -0.142. The van der Waals surface area contributed by atoms with Crippen molar-refractivity contribution in [3.8, 4) is 0 Å². The third-order valence-corrected chi connectivity index (χ3v) is 3.57. The summed E-state index contributed by atoms with van der Waals surface area (Å²) in [7, 11) is 0. The number of carbonyl (C=O) groups excluding carboxylic acids is 1. The molecule has 1 aromatic rings. The highest BCUT2D eigenvalue weighted by Crippen LogP contribution is 2.31. The molecule has 102 valence electrons. The minimum absolute atomic E-state index is 0.0123. The van der Waals surface area contributed by atoms with Crippen molar-refractivity contribution in [3.63, 3.8) is 0 Å². The van der Waals surface area contributed by atoms with Gasteiger partial charge in [-0.2, -0.15) is 0 Å². The average molecular weight is 284 g/mol. The van der Waals surface area contributed by atoms with E-state index < -0.39 is 5.97 Å². The highest BCUT2D eigenvalue weighted by molar-refractivity contribution is 6.29. The number of carbonyl (C=O) groups is 2. The van der Waals surface area contributed by atoms with Gasteiger partial charge in [0.05, 0.1) is 5.92 Å². The van der Waals surface area contributed by atoms with Gasteiger partial charge in [0.2, 0.25) is 0 Å². The number of halogens is 1. The zero-order valence-electron chi connectivity index (χ0n) is 10.2. The second-order valence-corrected chi connectivity index (χ2v) is 4.97. The van der Waals surface area contributed by atoms with Crippen LogP contribution in [0.2, 0.25) is 5.15 Å². The topological polar surface area (TPSA) is 92.2 Å². The van der Waals surface area contributed by atoms with Gasteiger partial charge in [0, 0.05) is 6.54 Å². The van der Waals surface area contributed by atoms with Gasteiger partial charge in [0.15, 0.2) is 10.8 Å². The Hall–Kier alpha value is -1.69. The molecule has 0 saturated heterocycles. The van der Waals surface area contributed by atoms with Crippen molar-refractivity contribution in [2.24, 2.45) is 11.8 Å². The van der Waals surface area contributed by atoms with E-state index in [1.165, 1.54) is 12.1 Å². The molecular formula is C12H14ClN3O3. The summed E-state index contributed by atoms with van der Waals surface area (Å²) in [6.45, 7) is 0.347. The van der Waals surface area contributed by atoms with Crippen LogP contribution in [-0.4, -0.2) is 33.7 Å². The number of nitrogens with one attached hydrogen (secondary N) is 1. The summed E-state index contributed by atoms with van der Waals surface area (Å²) in [4.78, 5) is 22.8. The highest BCUT2D eigenvalue weighted by Gasteiger charge is 2.32. The molecule has 1 aliphatic carbocycles. The van der Waals surface area contributed by atoms with Crippen LogP contribution in [0.15, 0.2) is 12.1 Å². The first kappa shape index (κ1) is 13.7. The summed E-state index contributed by atoms with van der Waals surface area (Å²) in [5, 5.41) is 19.2. The summed E-state index contributed by atoms with van der Waals surface area (Å²) in [5.74, 6) is -1.53. The van der Waals surface area contributed by atoms with Gasteiger partial charge < -0.3 is 10.4 Å². The van der Waals surface area contributed by atoms with E-state index in [4.69, 9.17) is 16.7 Å². The summed E-state index contributed by atoms with van der Waals surface area (Å²) < 4.78 is 0. The number of nitrogens with zero attached hydrogens (tertiary/aromatic N) is 2. The molecule has 0 spiro atoms. The second kappa shape index (κ2) is 5.97. The molecule has 2 N–H and O–H groups in total. The molecule has 0 aliphatic heterocycles. The van der Waals surface area contributed by atoms with Gasteiger partial charge in [-0.05, 0) is 30.9 Å². The molecule has 6 nitrogen and oxygen atoms in total. The summed E-state index contributed by atoms with van der Waals surface area (Å²) in [6.07, 6.45) is 2.39. The molecule has 1 amide bonds. The van der Waals surface area contributed by atoms with Crippen molar-refractivity contribution in [2.45, 2.75) is 19.3 Å². The van der Waals surface area contributed by atoms with Crippen molar-refractivity contribution < 1.29 is 14.7 Å². The van der Waals surface area contributed by atoms with E-state index in [0.29, 0.717) is 13.0 Å². The van der Waals surface area contributed by atoms with Gasteiger partial charge in [-0.1, -0.05) is 18.0 Å². The molecule has 7 heteroatoms. The van der Waals surface area contributed by atoms with Crippen LogP contribution in [0.3, 0.4) is 0 Å². The lowest BCUT2D eigenvalue weighted by atomic mass is 9.96. The molecule has 2 rings (SSSR count). The monoisotopic (exact) mass is 283 g/mol. The number of hydrogen-bond donors (Lipinski definition) is 2. The Morgan fingerprint density at radius 2 is 2.16 bits per heavy atom. The van der Waals surface area contributed by atoms with Crippen LogP contribution >= 0.6 is 11.6 Å². The maximum atomic E-state index is 11.8. The highest BCUT2D eigenvalue weighted by atomic mass is 35.5. The van der Waals surface area contributed by atoms with Crippen molar-refractivity contribution in [2.75, 3.05) is 6.54 Å². The molecule has 0 radical (unpaired) electrons. The molecule has 1 saturated carbocycles. The fourth-order valence-electron chi connectivity index (χ4n) is 2.36. The fraction of sp³-hybridized carbons (Fsp3) is 0.500. The van der Waals surface area contributed by atoms with Crippen LogP contribution in [0.25, 0.3) is 0 Å². The lowest BCUT2D eigenvalue weighted by Crippen LogP contribution is -2.33. The third kappa shape index (κ3) is 3.41. The molecule has 19 heavy (non-hydrogen) atoms. The molecule has 0 aromatic carbocycles. The van der Waals surface area contributed by atoms with Crippen molar-refractivity contribution in [1.29, 1.82) is 0 Å². The smallest absolute Gasteiger partial charge is 0.306 e. The maximum absolute atomic E-state index is 11.8. The molecule has 1 fully saturated rings. The van der Waals surface area contributed by atoms with Crippen molar-refractivity contribution in [1.82, 2.24) is 15.5 Å². The van der Waals surface area contributed by atoms with Crippen LogP contribution in [0.4, 0.5) is 0 Å². The van der Waals surface area contributed by atoms with E-state index in [-0.39, 0.29) is 28.6 Å². The quantitative estimate of drug-likeness (QED) is 0.870. The molecule has 1 aromatic heterocycles. The fourth-order valence-corrected chi connectivity index (χ4v) is 2.46. The van der Waals surface area contributed by atoms with Crippen LogP contribution in [-0.2, 0) is 4.79 Å². The van der Waals surface area contributed by atoms with E-state index in [1.807, 2.05) is 0 Å². The number of carboxylic acid groups (broad SMARTS) is 1. The van der Waals surface area contributed by atoms with Crippen LogP contribution < -0.4 is 5.32 Å². The molecule has 0 bridgehead atoms. The standard InChI is InChI=1S/C12H14ClN3O3/c13-10-5-4-9(15-16-10)11(17)14-6-7-2-1-3-8(7)12(18)19/h4-5,7-8H,1-3,6H2,(H,14,17)(H,18,19). The Morgan fingerprint density at radius 1 is 1.37 bits per heavy atom. The zero-order chi connectivity index (χ0) is 13.8. The number of rotatable bonds is 4. The largest absolute Gasteiger partial charge is 0.481 e. The first-order valence-electron chi connectivity index (χ1n) is 6.08. The number of hydrogen-bond acceptors (Lipinski definition) is 4. The van der Waals surface area contributed by atoms with Gasteiger partial charge in [-0.15, -0.1) is 10.2 Å². The van der Waals surface area contributed by atoms with Crippen molar-refractivity contribution in [3.05, 3.63) is 23.0 Å². The molecular weight excluding hydrogens is 270 g/mol. The van der Waals surface area contributed by atoms with Gasteiger partial charge >= 0.3 is 5.97 Å². The van der Waals surface area contributed by atoms with Crippen LogP contribution in [0.1, 0.15) is 29.8 Å². The van der Waals surface area contributed by atoms with E-state index in [2.05, 4.69) is 15.5 Å². The Balaban J connectivity index is 1.90. The van der Waals surface area contributed by atoms with Gasteiger partial charge in [0.1, 0.15) is 0 Å². The van der Waals surface area contributed by atoms with E-state index >= 15 is 0 Å². The molecule has 1 aliphatic rings. The minimum Gasteiger partial charge on any atom is -0.481 e. The van der Waals surface area contributed by atoms with E-state index in [9.17, 15) is 9.59 Å². The van der Waals surface area contributed by atoms with Gasteiger partial charge in [-0.3, -0.25) is 9.59 Å². The van der Waals surface area contributed by atoms with Crippen LogP contribution in [0, 0.1) is 11.8 Å². The van der Waals surface area contributed by atoms with E-state index in [0.717, 1.165) is 12.8 Å². The third-order valence-electron chi connectivity index (χ3n) is 3.37. The molecule has 2 unspecified atom stereocenters. The Kier molecular flexibility index (Phi) is 4.31. The predicted octanol–water partition coefficient (Wildman–Crippen LogP) is 1.36. The predicted molar refractivity (Wildman–Crippen MR) is 67.8 cm³/mol. The molecule has 2 atom stereocenters. The lowest BCUT2D eigenvalue weighted by Gasteiger charge is -2.15. The summed E-state index contributed by atoms with van der Waals surface area (Å²) in [6, 6.07) is 2.97. The Labute approximate surface area is 115 Å². The summed E-state index contributed by atoms with van der Waals surface area (Å²) >= 11 is 5.58. The second-order valence-electron chi connectivity index (χ2n) is 4.59. The first-order chi connectivity index (χ1) is 9.08. The Bertz CT molecular complexity index is 478. The normalized spacial score (nSPS) is 22.2. The van der Waals surface area contributed by atoms with E-state index in [1.54, 1.807) is 0 Å². The number of carboxylic acids is 1. The van der Waals surface area contributed by atoms with Gasteiger partial charge in [0.25, 0.3) is 5.91 Å². The van der Waals surface area contributed by atoms with Gasteiger partial charge in [-0.25, -0.2) is 0 Å². The number of amides is 1. The summed E-state index contributed by atoms with van der Waals surface area (Å²) in [5.41, 5.74) is 0.175. The first-order valence-corrected chi connectivity index (χ1v) is 6.46. The minimum atomic E-state index is -0.789. The van der Waals surface area contributed by atoms with Crippen LogP contribution in [0.5, 0.6) is 0 Å². The zero-order valence-corrected chi connectivity index (χ0v) is 10.9. The maximum Gasteiger partial charge on any atom is 0.306 e. The SMILES string of the molecule is O=C(NCC1CCCC1C(=O)O)c1ccc(Cl)nn1. The Morgan fingerprint density at radius 3 is 2.79 bits per heavy atom.